The van der Waals surface area contributed by atoms with Crippen LogP contribution in [0.15, 0.2) is 23.8 Å². The van der Waals surface area contributed by atoms with Gasteiger partial charge in [-0.2, -0.15) is 8.42 Å². The lowest BCUT2D eigenvalue weighted by Gasteiger charge is -2.07. The summed E-state index contributed by atoms with van der Waals surface area (Å²) in [4.78, 5) is 0. The van der Waals surface area contributed by atoms with Crippen LogP contribution in [0, 0.1) is 0 Å². The number of ether oxygens (including phenoxy) is 1. The molecule has 0 spiro atoms. The molecule has 0 radical (unpaired) electrons. The average Bonchev–Trinajstić information content (AvgIpc) is 2.13. The Morgan fingerprint density at radius 1 is 1.43 bits per heavy atom. The van der Waals surface area contributed by atoms with Gasteiger partial charge in [-0.25, -0.2) is 0 Å². The second-order valence-corrected chi connectivity index (χ2v) is 4.67. The molecule has 0 saturated heterocycles. The van der Waals surface area contributed by atoms with E-state index in [1.807, 2.05) is 6.08 Å². The molecular formula is C9H14O4S. The fraction of sp³-hybridized carbons (Fsp3) is 0.556. The van der Waals surface area contributed by atoms with Gasteiger partial charge in [-0.15, -0.1) is 0 Å². The molecule has 5 heteroatoms. The summed E-state index contributed by atoms with van der Waals surface area (Å²) in [5.74, 6) is -0.343. The average molecular weight is 218 g/mol. The van der Waals surface area contributed by atoms with Crippen molar-refractivity contribution in [2.45, 2.75) is 12.8 Å². The quantitative estimate of drug-likeness (QED) is 0.555. The zero-order valence-corrected chi connectivity index (χ0v) is 8.66. The first kappa shape index (κ1) is 11.4. The van der Waals surface area contributed by atoms with E-state index in [-0.39, 0.29) is 12.4 Å². The van der Waals surface area contributed by atoms with E-state index in [1.165, 1.54) is 0 Å². The van der Waals surface area contributed by atoms with E-state index in [1.54, 1.807) is 0 Å². The highest BCUT2D eigenvalue weighted by atomic mass is 32.2. The van der Waals surface area contributed by atoms with Crippen LogP contribution in [-0.2, 0) is 14.9 Å². The van der Waals surface area contributed by atoms with Crippen molar-refractivity contribution in [3.8, 4) is 0 Å². The Bertz CT molecular complexity index is 327. The highest BCUT2D eigenvalue weighted by molar-refractivity contribution is 7.85. The molecule has 0 unspecified atom stereocenters. The van der Waals surface area contributed by atoms with Crippen LogP contribution in [0.1, 0.15) is 12.8 Å². The molecule has 1 aliphatic carbocycles. The minimum atomic E-state index is -3.89. The molecule has 1 aliphatic rings. The Morgan fingerprint density at radius 3 is 2.79 bits per heavy atom. The lowest BCUT2D eigenvalue weighted by Crippen LogP contribution is -2.11. The third kappa shape index (κ3) is 5.16. The van der Waals surface area contributed by atoms with Crippen LogP contribution in [0.25, 0.3) is 0 Å². The summed E-state index contributed by atoms with van der Waals surface area (Å²) in [5.41, 5.74) is 1.06. The molecule has 1 rings (SSSR count). The molecule has 4 nitrogen and oxygen atoms in total. The van der Waals surface area contributed by atoms with Crippen molar-refractivity contribution in [3.05, 3.63) is 23.8 Å². The zero-order chi connectivity index (χ0) is 10.4. The van der Waals surface area contributed by atoms with E-state index in [0.717, 1.165) is 18.4 Å². The zero-order valence-electron chi connectivity index (χ0n) is 7.85. The van der Waals surface area contributed by atoms with E-state index in [0.29, 0.717) is 6.61 Å². The maximum atomic E-state index is 10.3. The van der Waals surface area contributed by atoms with Gasteiger partial charge in [0.15, 0.2) is 0 Å². The molecule has 0 aromatic rings. The SMILES string of the molecule is O=S(=O)(O)CCOCC1=CCCC=C1. The third-order valence-electron chi connectivity index (χ3n) is 1.83. The van der Waals surface area contributed by atoms with E-state index in [2.05, 4.69) is 12.2 Å². The van der Waals surface area contributed by atoms with E-state index in [4.69, 9.17) is 9.29 Å². The van der Waals surface area contributed by atoms with Gasteiger partial charge in [0.25, 0.3) is 10.1 Å². The summed E-state index contributed by atoms with van der Waals surface area (Å²) >= 11 is 0. The summed E-state index contributed by atoms with van der Waals surface area (Å²) in [6, 6.07) is 0. The number of allylic oxidation sites excluding steroid dienone is 2. The highest BCUT2D eigenvalue weighted by Gasteiger charge is 2.04. The molecule has 0 aromatic heterocycles. The monoisotopic (exact) mass is 218 g/mol. The third-order valence-corrected chi connectivity index (χ3v) is 2.51. The van der Waals surface area contributed by atoms with Crippen LogP contribution in [-0.4, -0.2) is 31.9 Å². The molecule has 80 valence electrons. The summed E-state index contributed by atoms with van der Waals surface area (Å²) in [5, 5.41) is 0. The molecule has 0 aliphatic heterocycles. The summed E-state index contributed by atoms with van der Waals surface area (Å²) < 4.78 is 34.2. The van der Waals surface area contributed by atoms with Crippen molar-refractivity contribution < 1.29 is 17.7 Å². The van der Waals surface area contributed by atoms with Crippen molar-refractivity contribution >= 4 is 10.1 Å². The van der Waals surface area contributed by atoms with Crippen LogP contribution in [0.5, 0.6) is 0 Å². The van der Waals surface area contributed by atoms with Gasteiger partial charge in [0.2, 0.25) is 0 Å². The second-order valence-electron chi connectivity index (χ2n) is 3.10. The van der Waals surface area contributed by atoms with E-state index < -0.39 is 10.1 Å². The normalized spacial score (nSPS) is 16.8. The fourth-order valence-corrected chi connectivity index (χ4v) is 1.46. The largest absolute Gasteiger partial charge is 0.376 e. The van der Waals surface area contributed by atoms with Gasteiger partial charge >= 0.3 is 0 Å². The Balaban J connectivity index is 2.16. The molecule has 1 N–H and O–H groups in total. The highest BCUT2D eigenvalue weighted by Crippen LogP contribution is 2.09. The molecule has 0 atom stereocenters. The molecule has 0 aromatic carbocycles. The minimum Gasteiger partial charge on any atom is -0.376 e. The van der Waals surface area contributed by atoms with Crippen molar-refractivity contribution in [1.82, 2.24) is 0 Å². The summed E-state index contributed by atoms with van der Waals surface area (Å²) in [6.45, 7) is 0.441. The van der Waals surface area contributed by atoms with Crippen LogP contribution in [0.2, 0.25) is 0 Å². The van der Waals surface area contributed by atoms with Gasteiger partial charge in [-0.05, 0) is 18.4 Å². The molecule has 0 saturated carbocycles. The topological polar surface area (TPSA) is 63.6 Å². The van der Waals surface area contributed by atoms with Crippen molar-refractivity contribution in [2.24, 2.45) is 0 Å². The number of hydrogen-bond acceptors (Lipinski definition) is 3. The first-order chi connectivity index (χ1) is 6.58. The number of rotatable bonds is 5. The van der Waals surface area contributed by atoms with Crippen LogP contribution < -0.4 is 0 Å². The van der Waals surface area contributed by atoms with Gasteiger partial charge < -0.3 is 4.74 Å². The fourth-order valence-electron chi connectivity index (χ4n) is 1.13. The first-order valence-electron chi connectivity index (χ1n) is 4.46. The van der Waals surface area contributed by atoms with Gasteiger partial charge in [0, 0.05) is 0 Å². The summed E-state index contributed by atoms with van der Waals surface area (Å²) in [7, 11) is -3.89. The first-order valence-corrected chi connectivity index (χ1v) is 6.07. The molecule has 14 heavy (non-hydrogen) atoms. The van der Waals surface area contributed by atoms with Crippen LogP contribution >= 0.6 is 0 Å². The van der Waals surface area contributed by atoms with E-state index >= 15 is 0 Å². The van der Waals surface area contributed by atoms with Crippen LogP contribution in [0.3, 0.4) is 0 Å². The van der Waals surface area contributed by atoms with Gasteiger partial charge in [0.1, 0.15) is 0 Å². The lowest BCUT2D eigenvalue weighted by molar-refractivity contribution is 0.172. The van der Waals surface area contributed by atoms with Gasteiger partial charge in [0.05, 0.1) is 19.0 Å². The maximum Gasteiger partial charge on any atom is 0.267 e. The standard InChI is InChI=1S/C9H14O4S/c10-14(11,12)7-6-13-8-9-4-2-1-3-5-9/h2,4-5H,1,3,6-8H2,(H,10,11,12). The number of hydrogen-bond donors (Lipinski definition) is 1. The molecule has 0 fully saturated rings. The lowest BCUT2D eigenvalue weighted by atomic mass is 10.1. The molecule has 0 bridgehead atoms. The van der Waals surface area contributed by atoms with Crippen molar-refractivity contribution in [3.63, 3.8) is 0 Å². The molecule has 0 heterocycles. The smallest absolute Gasteiger partial charge is 0.267 e. The second kappa shape index (κ2) is 5.29. The Morgan fingerprint density at radius 2 is 2.21 bits per heavy atom. The van der Waals surface area contributed by atoms with Gasteiger partial charge in [-0.1, -0.05) is 18.2 Å². The maximum absolute atomic E-state index is 10.3. The van der Waals surface area contributed by atoms with Crippen molar-refractivity contribution in [1.29, 1.82) is 0 Å². The van der Waals surface area contributed by atoms with Crippen LogP contribution in [0.4, 0.5) is 0 Å². The van der Waals surface area contributed by atoms with E-state index in [9.17, 15) is 8.42 Å². The Hall–Kier alpha value is -0.650. The summed E-state index contributed by atoms with van der Waals surface area (Å²) in [6.07, 6.45) is 8.15. The van der Waals surface area contributed by atoms with Crippen molar-refractivity contribution in [2.75, 3.05) is 19.0 Å². The Labute approximate surface area is 84.0 Å². The minimum absolute atomic E-state index is 0.0318. The van der Waals surface area contributed by atoms with Gasteiger partial charge in [-0.3, -0.25) is 4.55 Å². The molecular weight excluding hydrogens is 204 g/mol. The molecule has 0 amide bonds. The Kier molecular flexibility index (Phi) is 4.31. The predicted molar refractivity (Wildman–Crippen MR) is 53.7 cm³/mol. The predicted octanol–water partition coefficient (Wildman–Crippen LogP) is 1.17.